The third-order valence-corrected chi connectivity index (χ3v) is 4.26. The maximum Gasteiger partial charge on any atom is 0.359 e. The zero-order valence-electron chi connectivity index (χ0n) is 13.0. The molecule has 1 aromatic heterocycles. The lowest BCUT2D eigenvalue weighted by atomic mass is 10.2. The van der Waals surface area contributed by atoms with Crippen LogP contribution in [-0.4, -0.2) is 30.0 Å². The maximum absolute atomic E-state index is 12.0. The van der Waals surface area contributed by atoms with Crippen LogP contribution in [0.1, 0.15) is 16.1 Å². The number of nitrogens with zero attached hydrogens (tertiary/aromatic N) is 2. The van der Waals surface area contributed by atoms with Crippen LogP contribution < -0.4 is 4.74 Å². The third kappa shape index (κ3) is 3.05. The first-order valence-corrected chi connectivity index (χ1v) is 7.86. The van der Waals surface area contributed by atoms with E-state index in [1.54, 1.807) is 36.1 Å². The molecule has 2 aromatic carbocycles. The van der Waals surface area contributed by atoms with Gasteiger partial charge in [0.2, 0.25) is 0 Å². The summed E-state index contributed by atoms with van der Waals surface area (Å²) in [6.07, 6.45) is 0. The van der Waals surface area contributed by atoms with Crippen molar-refractivity contribution in [3.05, 3.63) is 57.7 Å². The van der Waals surface area contributed by atoms with Crippen molar-refractivity contribution in [3.63, 3.8) is 0 Å². The molecule has 0 N–H and O–H groups in total. The quantitative estimate of drug-likeness (QED) is 0.651. The number of aromatic nitrogens is 2. The first kappa shape index (κ1) is 16.6. The van der Waals surface area contributed by atoms with Crippen LogP contribution in [-0.2, 0) is 11.3 Å². The number of fused-ring (bicyclic) bond motifs is 1. The highest BCUT2D eigenvalue weighted by atomic mass is 35.5. The summed E-state index contributed by atoms with van der Waals surface area (Å²) in [5, 5.41) is 6.17. The first-order chi connectivity index (χ1) is 11.5. The van der Waals surface area contributed by atoms with Gasteiger partial charge in [-0.25, -0.2) is 4.79 Å². The molecule has 0 saturated carbocycles. The molecule has 0 amide bonds. The van der Waals surface area contributed by atoms with Crippen LogP contribution in [0.3, 0.4) is 0 Å². The van der Waals surface area contributed by atoms with Gasteiger partial charge < -0.3 is 9.47 Å². The van der Waals surface area contributed by atoms with Crippen LogP contribution in [0.4, 0.5) is 0 Å². The lowest BCUT2D eigenvalue weighted by Gasteiger charge is -2.07. The molecule has 0 spiro atoms. The van der Waals surface area contributed by atoms with Crippen LogP contribution in [0.5, 0.6) is 5.75 Å². The van der Waals surface area contributed by atoms with Gasteiger partial charge in [0.1, 0.15) is 5.75 Å². The van der Waals surface area contributed by atoms with Gasteiger partial charge in [-0.15, -0.1) is 0 Å². The summed E-state index contributed by atoms with van der Waals surface area (Å²) in [5.74, 6) is 0.174. The second-order valence-corrected chi connectivity index (χ2v) is 5.96. The molecule has 0 bridgehead atoms. The summed E-state index contributed by atoms with van der Waals surface area (Å²) in [6.45, 7) is 0.386. The topological polar surface area (TPSA) is 53.3 Å². The minimum atomic E-state index is -0.494. The van der Waals surface area contributed by atoms with Gasteiger partial charge in [-0.05, 0) is 29.8 Å². The Labute approximate surface area is 148 Å². The number of hydrogen-bond acceptors (Lipinski definition) is 4. The van der Waals surface area contributed by atoms with Crippen molar-refractivity contribution in [1.29, 1.82) is 0 Å². The predicted octanol–water partition coefficient (Wildman–Crippen LogP) is 4.19. The molecule has 24 heavy (non-hydrogen) atoms. The average molecular weight is 365 g/mol. The fraction of sp³-hybridized carbons (Fsp3) is 0.176. The van der Waals surface area contributed by atoms with Gasteiger partial charge in [0.05, 0.1) is 26.3 Å². The van der Waals surface area contributed by atoms with E-state index in [0.29, 0.717) is 27.7 Å². The Morgan fingerprint density at radius 3 is 2.62 bits per heavy atom. The molecule has 0 aliphatic rings. The lowest BCUT2D eigenvalue weighted by Crippen LogP contribution is -2.06. The molecule has 0 saturated heterocycles. The number of carbonyl (C=O) groups excluding carboxylic acids is 1. The molecule has 0 unspecified atom stereocenters. The summed E-state index contributed by atoms with van der Waals surface area (Å²) in [6, 6.07) is 10.6. The Morgan fingerprint density at radius 1 is 1.17 bits per heavy atom. The smallest absolute Gasteiger partial charge is 0.359 e. The van der Waals surface area contributed by atoms with Crippen molar-refractivity contribution in [3.8, 4) is 5.75 Å². The number of hydrogen-bond donors (Lipinski definition) is 0. The maximum atomic E-state index is 12.0. The fourth-order valence-electron chi connectivity index (χ4n) is 2.46. The Morgan fingerprint density at radius 2 is 1.96 bits per heavy atom. The van der Waals surface area contributed by atoms with E-state index in [4.69, 9.17) is 32.7 Å². The lowest BCUT2D eigenvalue weighted by molar-refractivity contribution is 0.0595. The van der Waals surface area contributed by atoms with Crippen molar-refractivity contribution in [2.75, 3.05) is 14.2 Å². The molecule has 3 aromatic rings. The Hall–Kier alpha value is -2.24. The van der Waals surface area contributed by atoms with Gasteiger partial charge >= 0.3 is 5.97 Å². The Kier molecular flexibility index (Phi) is 4.64. The Bertz CT molecular complexity index is 922. The minimum Gasteiger partial charge on any atom is -0.497 e. The average Bonchev–Trinajstić information content (AvgIpc) is 2.94. The van der Waals surface area contributed by atoms with Gasteiger partial charge in [-0.2, -0.15) is 5.10 Å². The highest BCUT2D eigenvalue weighted by Gasteiger charge is 2.19. The molecule has 1 heterocycles. The van der Waals surface area contributed by atoms with E-state index in [2.05, 4.69) is 5.10 Å². The number of benzene rings is 2. The molecular formula is C17H14Cl2N2O3. The standard InChI is InChI=1S/C17H14Cl2N2O3/c1-23-12-5-6-13-15(8-12)21(20-16(13)17(22)24-2)9-10-3-4-11(18)7-14(10)19/h3-8H,9H2,1-2H3. The SMILES string of the molecule is COC(=O)c1nn(Cc2ccc(Cl)cc2Cl)c2cc(OC)ccc12. The summed E-state index contributed by atoms with van der Waals surface area (Å²) in [5.41, 5.74) is 1.84. The van der Waals surface area contributed by atoms with Crippen LogP contribution in [0.15, 0.2) is 36.4 Å². The third-order valence-electron chi connectivity index (χ3n) is 3.67. The summed E-state index contributed by atoms with van der Waals surface area (Å²) < 4.78 is 11.8. The molecule has 0 aliphatic carbocycles. The number of rotatable bonds is 4. The van der Waals surface area contributed by atoms with Crippen molar-refractivity contribution in [2.45, 2.75) is 6.54 Å². The number of ether oxygens (including phenoxy) is 2. The normalized spacial score (nSPS) is 10.8. The van der Waals surface area contributed by atoms with Gasteiger partial charge in [-0.3, -0.25) is 4.68 Å². The fourth-order valence-corrected chi connectivity index (χ4v) is 2.93. The second-order valence-electron chi connectivity index (χ2n) is 5.12. The van der Waals surface area contributed by atoms with Crippen LogP contribution in [0.2, 0.25) is 10.0 Å². The number of halogens is 2. The van der Waals surface area contributed by atoms with E-state index in [-0.39, 0.29) is 5.69 Å². The highest BCUT2D eigenvalue weighted by Crippen LogP contribution is 2.27. The number of carbonyl (C=O) groups is 1. The van der Waals surface area contributed by atoms with Gasteiger partial charge in [0.15, 0.2) is 5.69 Å². The van der Waals surface area contributed by atoms with Gasteiger partial charge in [0.25, 0.3) is 0 Å². The molecule has 0 aliphatic heterocycles. The van der Waals surface area contributed by atoms with E-state index in [1.807, 2.05) is 12.1 Å². The molecular weight excluding hydrogens is 351 g/mol. The molecule has 3 rings (SSSR count). The largest absolute Gasteiger partial charge is 0.497 e. The molecule has 5 nitrogen and oxygen atoms in total. The summed E-state index contributed by atoms with van der Waals surface area (Å²) in [7, 11) is 2.91. The predicted molar refractivity (Wildman–Crippen MR) is 93.2 cm³/mol. The molecule has 0 fully saturated rings. The van der Waals surface area contributed by atoms with Crippen molar-refractivity contribution >= 4 is 40.1 Å². The van der Waals surface area contributed by atoms with E-state index in [1.165, 1.54) is 7.11 Å². The van der Waals surface area contributed by atoms with E-state index in [9.17, 15) is 4.79 Å². The summed E-state index contributed by atoms with van der Waals surface area (Å²) >= 11 is 12.2. The van der Waals surface area contributed by atoms with E-state index in [0.717, 1.165) is 11.1 Å². The zero-order valence-corrected chi connectivity index (χ0v) is 14.6. The number of methoxy groups -OCH3 is 2. The van der Waals surface area contributed by atoms with Crippen LogP contribution in [0, 0.1) is 0 Å². The second kappa shape index (κ2) is 6.71. The van der Waals surface area contributed by atoms with E-state index >= 15 is 0 Å². The Balaban J connectivity index is 2.13. The first-order valence-electron chi connectivity index (χ1n) is 7.10. The van der Waals surface area contributed by atoms with E-state index < -0.39 is 5.97 Å². The van der Waals surface area contributed by atoms with Crippen LogP contribution in [0.25, 0.3) is 10.9 Å². The van der Waals surface area contributed by atoms with Crippen molar-refractivity contribution in [2.24, 2.45) is 0 Å². The molecule has 124 valence electrons. The highest BCUT2D eigenvalue weighted by molar-refractivity contribution is 6.35. The molecule has 0 atom stereocenters. The van der Waals surface area contributed by atoms with Crippen LogP contribution >= 0.6 is 23.2 Å². The van der Waals surface area contributed by atoms with Gasteiger partial charge in [0, 0.05) is 21.5 Å². The minimum absolute atomic E-state index is 0.250. The molecule has 0 radical (unpaired) electrons. The zero-order chi connectivity index (χ0) is 17.3. The monoisotopic (exact) mass is 364 g/mol. The molecule has 7 heteroatoms. The van der Waals surface area contributed by atoms with Crippen molar-refractivity contribution < 1.29 is 14.3 Å². The summed E-state index contributed by atoms with van der Waals surface area (Å²) in [4.78, 5) is 12.0. The van der Waals surface area contributed by atoms with Gasteiger partial charge in [-0.1, -0.05) is 29.3 Å². The number of esters is 1. The van der Waals surface area contributed by atoms with Crippen molar-refractivity contribution in [1.82, 2.24) is 9.78 Å².